The second kappa shape index (κ2) is 2.86. The van der Waals surface area contributed by atoms with E-state index in [0.717, 1.165) is 12.8 Å². The van der Waals surface area contributed by atoms with Gasteiger partial charge in [-0.1, -0.05) is 12.1 Å². The van der Waals surface area contributed by atoms with Crippen LogP contribution < -0.4 is 0 Å². The maximum atomic E-state index is 9.25. The van der Waals surface area contributed by atoms with E-state index in [9.17, 15) is 5.11 Å². The summed E-state index contributed by atoms with van der Waals surface area (Å²) in [6.45, 7) is 0. The van der Waals surface area contributed by atoms with Crippen molar-refractivity contribution in [3.05, 3.63) is 47.8 Å². The number of aromatic nitrogens is 2. The van der Waals surface area contributed by atoms with Crippen LogP contribution in [-0.4, -0.2) is 15.3 Å². The Hall–Kier alpha value is -1.77. The van der Waals surface area contributed by atoms with Crippen LogP contribution in [0.2, 0.25) is 0 Å². The van der Waals surface area contributed by atoms with E-state index in [0.29, 0.717) is 5.75 Å². The molecular weight excluding hydrogens is 188 g/mol. The second-order valence-corrected chi connectivity index (χ2v) is 4.10. The summed E-state index contributed by atoms with van der Waals surface area (Å²) in [4.78, 5) is 0. The van der Waals surface area contributed by atoms with Gasteiger partial charge in [0.2, 0.25) is 0 Å². The Morgan fingerprint density at radius 2 is 1.87 bits per heavy atom. The van der Waals surface area contributed by atoms with E-state index in [1.807, 2.05) is 18.2 Å². The molecule has 0 saturated heterocycles. The summed E-state index contributed by atoms with van der Waals surface area (Å²) in [5.74, 6) is 0.319. The van der Waals surface area contributed by atoms with Gasteiger partial charge in [-0.3, -0.25) is 5.10 Å². The van der Waals surface area contributed by atoms with Gasteiger partial charge in [-0.15, -0.1) is 0 Å². The second-order valence-electron chi connectivity index (χ2n) is 4.10. The standard InChI is InChI=1S/C12H12N2O/c15-10-3-1-9(2-4-10)12(6-7-12)11-5-8-13-14-11/h1-5,8,15H,6-7H2,(H,13,14). The quantitative estimate of drug-likeness (QED) is 0.780. The molecule has 3 nitrogen and oxygen atoms in total. The number of benzene rings is 1. The van der Waals surface area contributed by atoms with Crippen LogP contribution in [0.3, 0.4) is 0 Å². The number of phenols is 1. The zero-order chi connectivity index (χ0) is 10.3. The highest BCUT2D eigenvalue weighted by Crippen LogP contribution is 2.52. The molecule has 3 heteroatoms. The number of aromatic amines is 1. The third-order valence-corrected chi connectivity index (χ3v) is 3.19. The van der Waals surface area contributed by atoms with Crippen molar-refractivity contribution in [1.82, 2.24) is 10.2 Å². The first kappa shape index (κ1) is 8.53. The van der Waals surface area contributed by atoms with Crippen molar-refractivity contribution >= 4 is 0 Å². The molecule has 1 aliphatic rings. The van der Waals surface area contributed by atoms with Gasteiger partial charge >= 0.3 is 0 Å². The van der Waals surface area contributed by atoms with E-state index in [4.69, 9.17) is 0 Å². The molecule has 0 atom stereocenters. The molecule has 2 aromatic rings. The number of aromatic hydroxyl groups is 1. The topological polar surface area (TPSA) is 48.9 Å². The van der Waals surface area contributed by atoms with Gasteiger partial charge in [0.05, 0.1) is 0 Å². The molecule has 1 fully saturated rings. The first-order valence-electron chi connectivity index (χ1n) is 5.11. The third-order valence-electron chi connectivity index (χ3n) is 3.19. The summed E-state index contributed by atoms with van der Waals surface area (Å²) in [5, 5.41) is 16.3. The number of nitrogens with one attached hydrogen (secondary N) is 1. The SMILES string of the molecule is Oc1ccc(C2(c3ccn[nH]3)CC2)cc1. The maximum absolute atomic E-state index is 9.25. The van der Waals surface area contributed by atoms with Gasteiger partial charge in [0.15, 0.2) is 0 Å². The van der Waals surface area contributed by atoms with Gasteiger partial charge in [-0.05, 0) is 36.6 Å². The Labute approximate surface area is 87.8 Å². The zero-order valence-electron chi connectivity index (χ0n) is 8.27. The van der Waals surface area contributed by atoms with E-state index in [1.165, 1.54) is 11.3 Å². The summed E-state index contributed by atoms with van der Waals surface area (Å²) in [7, 11) is 0. The lowest BCUT2D eigenvalue weighted by Gasteiger charge is -2.13. The number of hydrogen-bond acceptors (Lipinski definition) is 2. The fourth-order valence-electron chi connectivity index (χ4n) is 2.14. The molecule has 76 valence electrons. The van der Waals surface area contributed by atoms with Gasteiger partial charge in [-0.25, -0.2) is 0 Å². The van der Waals surface area contributed by atoms with Crippen molar-refractivity contribution in [3.63, 3.8) is 0 Å². The van der Waals surface area contributed by atoms with Gasteiger partial charge in [0.25, 0.3) is 0 Å². The lowest BCUT2D eigenvalue weighted by molar-refractivity contribution is 0.475. The molecule has 2 N–H and O–H groups in total. The molecule has 1 aromatic heterocycles. The number of nitrogens with zero attached hydrogens (tertiary/aromatic N) is 1. The molecule has 0 unspecified atom stereocenters. The number of rotatable bonds is 2. The van der Waals surface area contributed by atoms with Crippen LogP contribution in [0.15, 0.2) is 36.5 Å². The van der Waals surface area contributed by atoms with Crippen molar-refractivity contribution in [2.45, 2.75) is 18.3 Å². The molecule has 0 radical (unpaired) electrons. The van der Waals surface area contributed by atoms with Crippen LogP contribution in [0, 0.1) is 0 Å². The van der Waals surface area contributed by atoms with E-state index >= 15 is 0 Å². The van der Waals surface area contributed by atoms with Crippen LogP contribution in [0.25, 0.3) is 0 Å². The largest absolute Gasteiger partial charge is 0.508 e. The molecule has 3 rings (SSSR count). The first-order chi connectivity index (χ1) is 7.31. The maximum Gasteiger partial charge on any atom is 0.115 e. The lowest BCUT2D eigenvalue weighted by atomic mass is 9.92. The van der Waals surface area contributed by atoms with E-state index < -0.39 is 0 Å². The Morgan fingerprint density at radius 1 is 1.13 bits per heavy atom. The Kier molecular flexibility index (Phi) is 1.63. The normalized spacial score (nSPS) is 17.6. The summed E-state index contributed by atoms with van der Waals surface area (Å²) in [6.07, 6.45) is 4.09. The van der Waals surface area contributed by atoms with Crippen molar-refractivity contribution < 1.29 is 5.11 Å². The molecular formula is C12H12N2O. The molecule has 15 heavy (non-hydrogen) atoms. The number of hydrogen-bond donors (Lipinski definition) is 2. The van der Waals surface area contributed by atoms with Crippen LogP contribution in [0.4, 0.5) is 0 Å². The molecule has 1 heterocycles. The fraction of sp³-hybridized carbons (Fsp3) is 0.250. The van der Waals surface area contributed by atoms with Crippen LogP contribution in [0.5, 0.6) is 5.75 Å². The van der Waals surface area contributed by atoms with E-state index in [1.54, 1.807) is 18.3 Å². The molecule has 0 bridgehead atoms. The first-order valence-corrected chi connectivity index (χ1v) is 5.11. The van der Waals surface area contributed by atoms with E-state index in [-0.39, 0.29) is 5.41 Å². The monoisotopic (exact) mass is 200 g/mol. The minimum absolute atomic E-state index is 0.129. The zero-order valence-corrected chi connectivity index (χ0v) is 8.27. The molecule has 0 amide bonds. The highest BCUT2D eigenvalue weighted by Gasteiger charge is 2.46. The van der Waals surface area contributed by atoms with Gasteiger partial charge in [0, 0.05) is 17.3 Å². The Bertz CT molecular complexity index is 455. The van der Waals surface area contributed by atoms with Crippen molar-refractivity contribution in [2.24, 2.45) is 0 Å². The fourth-order valence-corrected chi connectivity index (χ4v) is 2.14. The van der Waals surface area contributed by atoms with Gasteiger partial charge < -0.3 is 5.11 Å². The van der Waals surface area contributed by atoms with Gasteiger partial charge in [-0.2, -0.15) is 5.10 Å². The Morgan fingerprint density at radius 3 is 2.40 bits per heavy atom. The third kappa shape index (κ3) is 1.23. The molecule has 1 saturated carbocycles. The molecule has 0 spiro atoms. The van der Waals surface area contributed by atoms with Gasteiger partial charge in [0.1, 0.15) is 5.75 Å². The Balaban J connectivity index is 2.04. The molecule has 1 aromatic carbocycles. The van der Waals surface area contributed by atoms with Crippen LogP contribution in [0.1, 0.15) is 24.1 Å². The molecule has 1 aliphatic carbocycles. The minimum atomic E-state index is 0.129. The highest BCUT2D eigenvalue weighted by atomic mass is 16.3. The summed E-state index contributed by atoms with van der Waals surface area (Å²) in [5.41, 5.74) is 2.56. The highest BCUT2D eigenvalue weighted by molar-refractivity contribution is 5.43. The lowest BCUT2D eigenvalue weighted by Crippen LogP contribution is -2.08. The molecule has 0 aliphatic heterocycles. The van der Waals surface area contributed by atoms with E-state index in [2.05, 4.69) is 10.2 Å². The number of phenolic OH excluding ortho intramolecular Hbond substituents is 1. The van der Waals surface area contributed by atoms with Crippen molar-refractivity contribution in [1.29, 1.82) is 0 Å². The minimum Gasteiger partial charge on any atom is -0.508 e. The van der Waals surface area contributed by atoms with Crippen LogP contribution >= 0.6 is 0 Å². The summed E-state index contributed by atoms with van der Waals surface area (Å²) >= 11 is 0. The van der Waals surface area contributed by atoms with Crippen molar-refractivity contribution in [3.8, 4) is 5.75 Å². The smallest absolute Gasteiger partial charge is 0.115 e. The number of H-pyrrole nitrogens is 1. The average molecular weight is 200 g/mol. The average Bonchev–Trinajstić information content (AvgIpc) is 2.88. The predicted molar refractivity (Wildman–Crippen MR) is 56.7 cm³/mol. The summed E-state index contributed by atoms with van der Waals surface area (Å²) in [6, 6.07) is 9.49. The summed E-state index contributed by atoms with van der Waals surface area (Å²) < 4.78 is 0. The van der Waals surface area contributed by atoms with Crippen molar-refractivity contribution in [2.75, 3.05) is 0 Å². The van der Waals surface area contributed by atoms with Crippen LogP contribution in [-0.2, 0) is 5.41 Å². The predicted octanol–water partition coefficient (Wildman–Crippen LogP) is 2.20.